The minimum atomic E-state index is -1.45. The van der Waals surface area contributed by atoms with Crippen LogP contribution in [0.25, 0.3) is 22.1 Å². The zero-order valence-electron chi connectivity index (χ0n) is 24.8. The van der Waals surface area contributed by atoms with E-state index in [2.05, 4.69) is 0 Å². The molecule has 5 atom stereocenters. The number of ether oxygens (including phenoxy) is 8. The van der Waals surface area contributed by atoms with E-state index >= 15 is 0 Å². The van der Waals surface area contributed by atoms with Gasteiger partial charge < -0.3 is 42.3 Å². The van der Waals surface area contributed by atoms with Crippen LogP contribution in [0.15, 0.2) is 51.9 Å². The van der Waals surface area contributed by atoms with Gasteiger partial charge in [-0.25, -0.2) is 0 Å². The molecule has 0 radical (unpaired) electrons. The summed E-state index contributed by atoms with van der Waals surface area (Å²) in [5.41, 5.74) is 0.733. The highest BCUT2D eigenvalue weighted by molar-refractivity contribution is 5.83. The largest absolute Gasteiger partial charge is 0.486 e. The van der Waals surface area contributed by atoms with E-state index in [1.54, 1.807) is 18.2 Å². The van der Waals surface area contributed by atoms with Crippen molar-refractivity contribution in [3.05, 3.63) is 52.9 Å². The average molecular weight is 627 g/mol. The van der Waals surface area contributed by atoms with Gasteiger partial charge in [-0.2, -0.15) is 0 Å². The Morgan fingerprint density at radius 1 is 0.778 bits per heavy atom. The van der Waals surface area contributed by atoms with Crippen LogP contribution in [0.2, 0.25) is 0 Å². The van der Waals surface area contributed by atoms with Crippen LogP contribution in [-0.2, 0) is 42.9 Å². The number of esters is 4. The summed E-state index contributed by atoms with van der Waals surface area (Å²) in [6.07, 6.45) is -5.49. The second kappa shape index (κ2) is 13.3. The normalized spacial score (nSPS) is 22.2. The zero-order chi connectivity index (χ0) is 32.2. The zero-order valence-corrected chi connectivity index (χ0v) is 24.8. The summed E-state index contributed by atoms with van der Waals surface area (Å²) < 4.78 is 50.3. The molecule has 2 aromatic carbocycles. The Bertz CT molecular complexity index is 1680. The average Bonchev–Trinajstić information content (AvgIpc) is 2.98. The number of fused-ring (bicyclic) bond motifs is 2. The molecule has 2 aliphatic rings. The lowest BCUT2D eigenvalue weighted by molar-refractivity contribution is -0.288. The van der Waals surface area contributed by atoms with Gasteiger partial charge in [-0.3, -0.25) is 24.0 Å². The van der Waals surface area contributed by atoms with Crippen LogP contribution in [0.3, 0.4) is 0 Å². The molecule has 0 N–H and O–H groups in total. The van der Waals surface area contributed by atoms with Crippen molar-refractivity contribution in [1.29, 1.82) is 0 Å². The Kier molecular flexibility index (Phi) is 9.23. The van der Waals surface area contributed by atoms with Crippen LogP contribution in [0.5, 0.6) is 17.2 Å². The molecule has 5 rings (SSSR count). The summed E-state index contributed by atoms with van der Waals surface area (Å²) >= 11 is 0. The van der Waals surface area contributed by atoms with Crippen molar-refractivity contribution in [1.82, 2.24) is 0 Å². The van der Waals surface area contributed by atoms with Crippen molar-refractivity contribution in [2.24, 2.45) is 0 Å². The van der Waals surface area contributed by atoms with Crippen molar-refractivity contribution in [3.8, 4) is 28.4 Å². The molecule has 14 nitrogen and oxygen atoms in total. The number of hydrogen-bond acceptors (Lipinski definition) is 14. The predicted octanol–water partition coefficient (Wildman–Crippen LogP) is 2.69. The number of carbonyl (C=O) groups excluding carboxylic acids is 4. The van der Waals surface area contributed by atoms with Crippen molar-refractivity contribution in [2.75, 3.05) is 19.8 Å². The highest BCUT2D eigenvalue weighted by atomic mass is 16.7. The Hall–Kier alpha value is -5.11. The van der Waals surface area contributed by atoms with E-state index in [1.165, 1.54) is 31.4 Å². The third kappa shape index (κ3) is 7.17. The van der Waals surface area contributed by atoms with Gasteiger partial charge in [0.2, 0.25) is 12.4 Å². The van der Waals surface area contributed by atoms with E-state index in [0.717, 1.165) is 20.8 Å². The maximum atomic E-state index is 13.4. The summed E-state index contributed by atoms with van der Waals surface area (Å²) in [6.45, 7) is 4.96. The molecule has 2 aliphatic heterocycles. The van der Waals surface area contributed by atoms with Gasteiger partial charge in [0.15, 0.2) is 29.1 Å². The fourth-order valence-corrected chi connectivity index (χ4v) is 5.01. The molecule has 0 saturated carbocycles. The number of benzene rings is 2. The van der Waals surface area contributed by atoms with Crippen molar-refractivity contribution < 1.29 is 61.5 Å². The first-order chi connectivity index (χ1) is 21.5. The van der Waals surface area contributed by atoms with E-state index in [-0.39, 0.29) is 22.1 Å². The van der Waals surface area contributed by atoms with Gasteiger partial charge >= 0.3 is 23.9 Å². The van der Waals surface area contributed by atoms with Gasteiger partial charge in [-0.1, -0.05) is 6.07 Å². The Labute approximate surface area is 256 Å². The first-order valence-electron chi connectivity index (χ1n) is 13.9. The summed E-state index contributed by atoms with van der Waals surface area (Å²) in [7, 11) is 0. The van der Waals surface area contributed by atoms with Crippen molar-refractivity contribution in [2.45, 2.75) is 58.4 Å². The van der Waals surface area contributed by atoms with E-state index < -0.39 is 61.2 Å². The van der Waals surface area contributed by atoms with Gasteiger partial charge in [0.05, 0.1) is 10.9 Å². The molecule has 1 aromatic heterocycles. The topological polar surface area (TPSA) is 172 Å². The highest BCUT2D eigenvalue weighted by Gasteiger charge is 2.53. The van der Waals surface area contributed by atoms with Crippen LogP contribution in [-0.4, -0.2) is 74.4 Å². The first kappa shape index (κ1) is 31.3. The van der Waals surface area contributed by atoms with Crippen LogP contribution in [0.4, 0.5) is 0 Å². The third-order valence-corrected chi connectivity index (χ3v) is 6.80. The predicted molar refractivity (Wildman–Crippen MR) is 151 cm³/mol. The molecule has 1 fully saturated rings. The van der Waals surface area contributed by atoms with Crippen LogP contribution in [0.1, 0.15) is 27.7 Å². The van der Waals surface area contributed by atoms with E-state index in [4.69, 9.17) is 42.3 Å². The summed E-state index contributed by atoms with van der Waals surface area (Å²) in [5, 5.41) is 0.247. The summed E-state index contributed by atoms with van der Waals surface area (Å²) in [6, 6.07) is 9.54. The maximum Gasteiger partial charge on any atom is 0.303 e. The van der Waals surface area contributed by atoms with E-state index in [9.17, 15) is 24.0 Å². The van der Waals surface area contributed by atoms with Crippen molar-refractivity contribution >= 4 is 34.8 Å². The fourth-order valence-electron chi connectivity index (χ4n) is 5.01. The second-order valence-electron chi connectivity index (χ2n) is 10.2. The molecule has 14 heteroatoms. The molecule has 0 bridgehead atoms. The standard InChI is InChI=1S/C31H30O14/c1-15(32)39-14-26-28(41-16(2)33)29(42-17(3)34)30(43-18(4)35)31(45-26)44-20-6-7-21-24(12-20)40-13-22(27(21)36)19-5-8-23-25(11-19)38-10-9-37-23/h5-8,11-13,26,28-31H,9-10,14H2,1-4H3/t26-,28+,29+,30+,31-/m1/s1. The number of carbonyl (C=O) groups is 4. The number of hydrogen-bond donors (Lipinski definition) is 0. The quantitative estimate of drug-likeness (QED) is 0.264. The van der Waals surface area contributed by atoms with E-state index in [1.807, 2.05) is 0 Å². The minimum absolute atomic E-state index is 0.124. The van der Waals surface area contributed by atoms with Gasteiger partial charge in [-0.15, -0.1) is 0 Å². The molecule has 238 valence electrons. The van der Waals surface area contributed by atoms with Gasteiger partial charge in [-0.05, 0) is 29.8 Å². The molecule has 45 heavy (non-hydrogen) atoms. The molecule has 0 unspecified atom stereocenters. The molecular formula is C31H30O14. The molecule has 0 spiro atoms. The summed E-state index contributed by atoms with van der Waals surface area (Å²) in [4.78, 5) is 61.1. The molecule has 1 saturated heterocycles. The maximum absolute atomic E-state index is 13.4. The molecule has 0 aliphatic carbocycles. The van der Waals surface area contributed by atoms with E-state index in [0.29, 0.717) is 35.8 Å². The lowest BCUT2D eigenvalue weighted by atomic mass is 9.98. The van der Waals surface area contributed by atoms with Crippen LogP contribution in [0, 0.1) is 0 Å². The molecular weight excluding hydrogens is 596 g/mol. The van der Waals surface area contributed by atoms with Gasteiger partial charge in [0.25, 0.3) is 0 Å². The number of rotatable bonds is 8. The highest BCUT2D eigenvalue weighted by Crippen LogP contribution is 2.35. The molecule has 0 amide bonds. The monoisotopic (exact) mass is 626 g/mol. The smallest absolute Gasteiger partial charge is 0.303 e. The van der Waals surface area contributed by atoms with Crippen LogP contribution >= 0.6 is 0 Å². The Morgan fingerprint density at radius 3 is 2.13 bits per heavy atom. The van der Waals surface area contributed by atoms with Gasteiger partial charge in [0, 0.05) is 33.8 Å². The fraction of sp³-hybridized carbons (Fsp3) is 0.387. The first-order valence-corrected chi connectivity index (χ1v) is 13.9. The lowest BCUT2D eigenvalue weighted by Gasteiger charge is -2.43. The third-order valence-electron chi connectivity index (χ3n) is 6.80. The Morgan fingerprint density at radius 2 is 1.44 bits per heavy atom. The molecule has 3 heterocycles. The summed E-state index contributed by atoms with van der Waals surface area (Å²) in [5.74, 6) is -1.73. The SMILES string of the molecule is CC(=O)OC[C@H]1O[C@@H](Oc2ccc3c(=O)c(-c4ccc5c(c4)OCCO5)coc3c2)[C@@H](OC(C)=O)[C@@H](OC(C)=O)[C@H]1OC(C)=O. The second-order valence-corrected chi connectivity index (χ2v) is 10.2. The molecule has 3 aromatic rings. The lowest BCUT2D eigenvalue weighted by Crippen LogP contribution is -2.63. The van der Waals surface area contributed by atoms with Crippen LogP contribution < -0.4 is 19.6 Å². The van der Waals surface area contributed by atoms with Crippen molar-refractivity contribution in [3.63, 3.8) is 0 Å². The Balaban J connectivity index is 1.47. The van der Waals surface area contributed by atoms with Gasteiger partial charge in [0.1, 0.15) is 43.5 Å². The minimum Gasteiger partial charge on any atom is -0.486 e.